The first-order valence-electron chi connectivity index (χ1n) is 4.18. The highest BCUT2D eigenvalue weighted by molar-refractivity contribution is 5.52. The Morgan fingerprint density at radius 2 is 2.00 bits per heavy atom. The zero-order valence-electron chi connectivity index (χ0n) is 8.13. The van der Waals surface area contributed by atoms with Crippen LogP contribution in [-0.2, 0) is 6.61 Å². The van der Waals surface area contributed by atoms with Crippen molar-refractivity contribution in [2.24, 2.45) is 0 Å². The van der Waals surface area contributed by atoms with E-state index in [-0.39, 0.29) is 0 Å². The summed E-state index contributed by atoms with van der Waals surface area (Å²) in [4.78, 5) is 2.96. The van der Waals surface area contributed by atoms with E-state index >= 15 is 0 Å². The molecule has 0 aliphatic rings. The minimum atomic E-state index is -5.11. The molecule has 0 bridgehead atoms. The summed E-state index contributed by atoms with van der Waals surface area (Å²) in [5, 5.41) is 8.77. The van der Waals surface area contributed by atoms with Gasteiger partial charge in [0.05, 0.1) is 12.2 Å². The van der Waals surface area contributed by atoms with Crippen molar-refractivity contribution in [3.8, 4) is 5.88 Å². The third-order valence-electron chi connectivity index (χ3n) is 1.73. The van der Waals surface area contributed by atoms with Crippen LogP contribution in [0, 0.1) is 0 Å². The zero-order valence-corrected chi connectivity index (χ0v) is 8.13. The van der Waals surface area contributed by atoms with Crippen LogP contribution in [0.3, 0.4) is 0 Å². The smallest absolute Gasteiger partial charge is 0.398 e. The molecule has 0 radical (unpaired) electrons. The molecule has 0 aliphatic heterocycles. The Balaban J connectivity index is 3.24. The van der Waals surface area contributed by atoms with Gasteiger partial charge in [0.1, 0.15) is 5.69 Å². The number of aliphatic hydroxyl groups excluding tert-OH is 1. The molecule has 96 valence electrons. The first-order chi connectivity index (χ1) is 7.74. The van der Waals surface area contributed by atoms with E-state index in [9.17, 15) is 22.0 Å². The molecule has 0 saturated carbocycles. The number of anilines is 1. The van der Waals surface area contributed by atoms with Crippen LogP contribution in [-0.4, -0.2) is 16.5 Å². The molecule has 1 heterocycles. The van der Waals surface area contributed by atoms with Gasteiger partial charge in [-0.25, -0.2) is 13.8 Å². The summed E-state index contributed by atoms with van der Waals surface area (Å²) >= 11 is 0. The molecular weight excluding hydrogens is 251 g/mol. The Labute approximate surface area is 91.8 Å². The Bertz CT molecular complexity index is 408. The predicted molar refractivity (Wildman–Crippen MR) is 46.2 cm³/mol. The first-order valence-corrected chi connectivity index (χ1v) is 4.18. The predicted octanol–water partition coefficient (Wildman–Crippen LogP) is 1.99. The molecule has 0 atom stereocenters. The fourth-order valence-corrected chi connectivity index (χ4v) is 1.05. The average molecular weight is 258 g/mol. The average Bonchev–Trinajstić information content (AvgIpc) is 2.14. The summed E-state index contributed by atoms with van der Waals surface area (Å²) in [6.07, 6.45) is -8.20. The van der Waals surface area contributed by atoms with Crippen molar-refractivity contribution < 1.29 is 31.8 Å². The largest absolute Gasteiger partial charge is 0.574 e. The fraction of sp³-hybridized carbons (Fsp3) is 0.375. The number of hydrogen-bond donors (Lipinski definition) is 2. The lowest BCUT2D eigenvalue weighted by Crippen LogP contribution is -2.20. The third kappa shape index (κ3) is 3.41. The van der Waals surface area contributed by atoms with E-state index in [0.29, 0.717) is 6.07 Å². The van der Waals surface area contributed by atoms with E-state index in [1.165, 1.54) is 0 Å². The number of aromatic nitrogens is 1. The summed E-state index contributed by atoms with van der Waals surface area (Å²) in [5.41, 5.74) is 3.31. The van der Waals surface area contributed by atoms with E-state index in [2.05, 4.69) is 9.72 Å². The summed E-state index contributed by atoms with van der Waals surface area (Å²) in [7, 11) is 0. The Hall–Kier alpha value is -1.64. The van der Waals surface area contributed by atoms with Crippen molar-refractivity contribution >= 4 is 5.69 Å². The second-order valence-electron chi connectivity index (χ2n) is 2.93. The second-order valence-corrected chi connectivity index (χ2v) is 2.93. The highest BCUT2D eigenvalue weighted by Gasteiger charge is 2.34. The molecular formula is C8H7F5N2O2. The summed E-state index contributed by atoms with van der Waals surface area (Å²) < 4.78 is 63.8. The molecule has 0 saturated heterocycles. The van der Waals surface area contributed by atoms with Gasteiger partial charge in [-0.15, -0.1) is 13.2 Å². The lowest BCUT2D eigenvalue weighted by atomic mass is 10.2. The molecule has 0 fully saturated rings. The summed E-state index contributed by atoms with van der Waals surface area (Å²) in [5.74, 6) is -1.17. The number of nitrogens with zero attached hydrogens (tertiary/aromatic N) is 1. The van der Waals surface area contributed by atoms with Gasteiger partial charge in [-0.3, -0.25) is 0 Å². The van der Waals surface area contributed by atoms with Gasteiger partial charge >= 0.3 is 6.36 Å². The van der Waals surface area contributed by atoms with Gasteiger partial charge in [0.2, 0.25) is 5.88 Å². The number of pyridine rings is 1. The van der Waals surface area contributed by atoms with Crippen LogP contribution in [0.2, 0.25) is 0 Å². The molecule has 0 unspecified atom stereocenters. The Morgan fingerprint density at radius 3 is 2.41 bits per heavy atom. The van der Waals surface area contributed by atoms with E-state index in [0.717, 1.165) is 0 Å². The minimum Gasteiger partial charge on any atom is -0.398 e. The van der Waals surface area contributed by atoms with Crippen LogP contribution in [0.1, 0.15) is 17.7 Å². The number of hydrogen-bond acceptors (Lipinski definition) is 4. The summed E-state index contributed by atoms with van der Waals surface area (Å²) in [6.45, 7) is -0.909. The second kappa shape index (κ2) is 4.70. The van der Waals surface area contributed by atoms with Crippen molar-refractivity contribution in [2.75, 3.05) is 5.73 Å². The summed E-state index contributed by atoms with van der Waals surface area (Å²) in [6, 6.07) is 0.680. The Morgan fingerprint density at radius 1 is 1.41 bits per heavy atom. The number of halogens is 5. The molecule has 1 rings (SSSR count). The Kier molecular flexibility index (Phi) is 3.71. The number of nitrogens with two attached hydrogens (primary N) is 1. The van der Waals surface area contributed by atoms with Crippen molar-refractivity contribution in [3.05, 3.63) is 17.3 Å². The van der Waals surface area contributed by atoms with Crippen molar-refractivity contribution in [1.82, 2.24) is 4.98 Å². The number of alkyl halides is 5. The van der Waals surface area contributed by atoms with E-state index in [1.807, 2.05) is 0 Å². The van der Waals surface area contributed by atoms with Crippen molar-refractivity contribution in [3.63, 3.8) is 0 Å². The maximum atomic E-state index is 12.3. The SMILES string of the molecule is Nc1cc(C(F)F)nc(OC(F)(F)F)c1CO. The number of rotatable bonds is 3. The van der Waals surface area contributed by atoms with Gasteiger partial charge in [0, 0.05) is 5.69 Å². The maximum absolute atomic E-state index is 12.3. The molecule has 0 aromatic carbocycles. The zero-order chi connectivity index (χ0) is 13.2. The monoisotopic (exact) mass is 258 g/mol. The van der Waals surface area contributed by atoms with Crippen LogP contribution >= 0.6 is 0 Å². The first kappa shape index (κ1) is 13.4. The van der Waals surface area contributed by atoms with Crippen LogP contribution < -0.4 is 10.5 Å². The molecule has 0 amide bonds. The highest BCUT2D eigenvalue weighted by atomic mass is 19.4. The molecule has 0 aliphatic carbocycles. The van der Waals surface area contributed by atoms with Crippen molar-refractivity contribution in [2.45, 2.75) is 19.4 Å². The number of aliphatic hydroxyl groups is 1. The molecule has 3 N–H and O–H groups in total. The van der Waals surface area contributed by atoms with Crippen molar-refractivity contribution in [1.29, 1.82) is 0 Å². The molecule has 0 spiro atoms. The standard InChI is InChI=1S/C8H7F5N2O2/c9-6(10)5-1-4(14)3(2-16)7(15-5)17-8(11,12)13/h1,6,16H,2H2,(H2,14,15). The molecule has 1 aromatic heterocycles. The van der Waals surface area contributed by atoms with Gasteiger partial charge < -0.3 is 15.6 Å². The lowest BCUT2D eigenvalue weighted by molar-refractivity contribution is -0.276. The lowest BCUT2D eigenvalue weighted by Gasteiger charge is -2.14. The fourth-order valence-electron chi connectivity index (χ4n) is 1.05. The van der Waals surface area contributed by atoms with E-state index in [1.54, 1.807) is 0 Å². The van der Waals surface area contributed by atoms with Gasteiger partial charge in [-0.2, -0.15) is 0 Å². The topological polar surface area (TPSA) is 68.4 Å². The quantitative estimate of drug-likeness (QED) is 0.813. The van der Waals surface area contributed by atoms with Gasteiger partial charge in [-0.05, 0) is 6.07 Å². The van der Waals surface area contributed by atoms with Gasteiger partial charge in [0.25, 0.3) is 6.43 Å². The molecule has 4 nitrogen and oxygen atoms in total. The van der Waals surface area contributed by atoms with Crippen LogP contribution in [0.25, 0.3) is 0 Å². The van der Waals surface area contributed by atoms with E-state index in [4.69, 9.17) is 10.8 Å². The third-order valence-corrected chi connectivity index (χ3v) is 1.73. The maximum Gasteiger partial charge on any atom is 0.574 e. The number of ether oxygens (including phenoxy) is 1. The highest BCUT2D eigenvalue weighted by Crippen LogP contribution is 2.31. The minimum absolute atomic E-state index is 0.447. The van der Waals surface area contributed by atoms with Crippen LogP contribution in [0.4, 0.5) is 27.6 Å². The normalized spacial score (nSPS) is 11.9. The molecule has 9 heteroatoms. The molecule has 1 aromatic rings. The number of nitrogen functional groups attached to an aromatic ring is 1. The molecule has 17 heavy (non-hydrogen) atoms. The van der Waals surface area contributed by atoms with Gasteiger partial charge in [0.15, 0.2) is 0 Å². The van der Waals surface area contributed by atoms with E-state index < -0.39 is 42.2 Å². The van der Waals surface area contributed by atoms with Gasteiger partial charge in [-0.1, -0.05) is 0 Å². The van der Waals surface area contributed by atoms with Crippen LogP contribution in [0.15, 0.2) is 6.07 Å². The van der Waals surface area contributed by atoms with Crippen LogP contribution in [0.5, 0.6) is 5.88 Å².